The van der Waals surface area contributed by atoms with E-state index in [0.717, 1.165) is 22.2 Å². The Morgan fingerprint density at radius 3 is 2.84 bits per heavy atom. The highest BCUT2D eigenvalue weighted by Gasteiger charge is 2.10. The molecule has 0 atom stereocenters. The van der Waals surface area contributed by atoms with Crippen molar-refractivity contribution in [2.75, 3.05) is 0 Å². The Morgan fingerprint density at radius 1 is 1.21 bits per heavy atom. The molecule has 0 unspecified atom stereocenters. The molecule has 3 aromatic rings. The fourth-order valence-corrected chi connectivity index (χ4v) is 2.34. The van der Waals surface area contributed by atoms with E-state index in [1.807, 2.05) is 35.0 Å². The molecule has 5 heteroatoms. The van der Waals surface area contributed by atoms with Crippen molar-refractivity contribution in [3.8, 4) is 0 Å². The van der Waals surface area contributed by atoms with Crippen molar-refractivity contribution < 1.29 is 0 Å². The van der Waals surface area contributed by atoms with Crippen LogP contribution in [-0.2, 0) is 13.1 Å². The molecule has 2 heterocycles. The van der Waals surface area contributed by atoms with Crippen LogP contribution in [0.5, 0.6) is 0 Å². The van der Waals surface area contributed by atoms with Crippen molar-refractivity contribution in [1.82, 2.24) is 14.8 Å². The topological polar surface area (TPSA) is 56.7 Å². The van der Waals surface area contributed by atoms with Gasteiger partial charge in [-0.2, -0.15) is 5.10 Å². The van der Waals surface area contributed by atoms with Crippen LogP contribution in [0, 0.1) is 0 Å². The van der Waals surface area contributed by atoms with Crippen molar-refractivity contribution in [3.05, 3.63) is 59.0 Å². The van der Waals surface area contributed by atoms with Gasteiger partial charge < -0.3 is 5.73 Å². The number of hydrogen-bond donors (Lipinski definition) is 1. The fourth-order valence-electron chi connectivity index (χ4n) is 2.16. The summed E-state index contributed by atoms with van der Waals surface area (Å²) in [6.07, 6.45) is 3.38. The lowest BCUT2D eigenvalue weighted by Gasteiger charge is -2.05. The summed E-state index contributed by atoms with van der Waals surface area (Å²) < 4.78 is 1.93. The summed E-state index contributed by atoms with van der Waals surface area (Å²) in [6, 6.07) is 9.97. The van der Waals surface area contributed by atoms with E-state index in [1.165, 1.54) is 0 Å². The van der Waals surface area contributed by atoms with Gasteiger partial charge in [0.2, 0.25) is 0 Å². The molecule has 0 saturated heterocycles. The van der Waals surface area contributed by atoms with E-state index >= 15 is 0 Å². The lowest BCUT2D eigenvalue weighted by Crippen LogP contribution is -2.04. The summed E-state index contributed by atoms with van der Waals surface area (Å²) in [5.74, 6) is 0. The number of pyridine rings is 1. The van der Waals surface area contributed by atoms with E-state index < -0.39 is 0 Å². The summed E-state index contributed by atoms with van der Waals surface area (Å²) in [6.45, 7) is 1.04. The quantitative estimate of drug-likeness (QED) is 0.797. The first-order valence-corrected chi connectivity index (χ1v) is 6.40. The van der Waals surface area contributed by atoms with E-state index in [-0.39, 0.29) is 0 Å². The smallest absolute Gasteiger partial charge is 0.0839 e. The molecule has 0 fully saturated rings. The Labute approximate surface area is 115 Å². The summed E-state index contributed by atoms with van der Waals surface area (Å²) in [7, 11) is 0. The lowest BCUT2D eigenvalue weighted by atomic mass is 10.2. The second-order valence-electron chi connectivity index (χ2n) is 4.29. The largest absolute Gasteiger partial charge is 0.325 e. The van der Waals surface area contributed by atoms with Gasteiger partial charge in [-0.1, -0.05) is 29.8 Å². The van der Waals surface area contributed by atoms with Crippen molar-refractivity contribution in [3.63, 3.8) is 0 Å². The van der Waals surface area contributed by atoms with Gasteiger partial charge in [-0.25, -0.2) is 0 Å². The minimum atomic E-state index is 0.428. The van der Waals surface area contributed by atoms with E-state index in [0.29, 0.717) is 18.1 Å². The number of nitrogens with zero attached hydrogens (tertiary/aromatic N) is 3. The molecule has 3 rings (SSSR count). The van der Waals surface area contributed by atoms with Crippen molar-refractivity contribution in [2.45, 2.75) is 13.1 Å². The number of halogens is 1. The molecule has 0 aliphatic rings. The average Bonchev–Trinajstić information content (AvgIpc) is 2.80. The van der Waals surface area contributed by atoms with Gasteiger partial charge in [-0.3, -0.25) is 9.67 Å². The van der Waals surface area contributed by atoms with Crippen LogP contribution in [0.2, 0.25) is 5.02 Å². The Morgan fingerprint density at radius 2 is 2.05 bits per heavy atom. The number of hydrogen-bond acceptors (Lipinski definition) is 3. The van der Waals surface area contributed by atoms with Crippen LogP contribution in [0.4, 0.5) is 0 Å². The zero-order valence-corrected chi connectivity index (χ0v) is 11.0. The summed E-state index contributed by atoms with van der Waals surface area (Å²) in [4.78, 5) is 3.99. The van der Waals surface area contributed by atoms with Crippen LogP contribution in [0.1, 0.15) is 11.3 Å². The molecule has 1 aromatic carbocycles. The van der Waals surface area contributed by atoms with E-state index in [1.54, 1.807) is 12.4 Å². The third kappa shape index (κ3) is 2.20. The maximum Gasteiger partial charge on any atom is 0.0839 e. The van der Waals surface area contributed by atoms with Gasteiger partial charge in [-0.05, 0) is 17.7 Å². The van der Waals surface area contributed by atoms with Crippen LogP contribution in [0.15, 0.2) is 42.7 Å². The first kappa shape index (κ1) is 12.1. The number of rotatable bonds is 3. The molecule has 2 N–H and O–H groups in total. The normalized spacial score (nSPS) is 11.1. The minimum absolute atomic E-state index is 0.428. The van der Waals surface area contributed by atoms with E-state index in [4.69, 9.17) is 17.3 Å². The Hall–Kier alpha value is -1.91. The molecular formula is C14H13ClN4. The minimum Gasteiger partial charge on any atom is -0.325 e. The Bertz CT molecular complexity index is 720. The molecule has 19 heavy (non-hydrogen) atoms. The van der Waals surface area contributed by atoms with Crippen LogP contribution >= 0.6 is 11.6 Å². The predicted molar refractivity (Wildman–Crippen MR) is 76.0 cm³/mol. The van der Waals surface area contributed by atoms with Crippen molar-refractivity contribution in [2.24, 2.45) is 5.73 Å². The maximum absolute atomic E-state index is 6.14. The molecule has 0 bridgehead atoms. The average molecular weight is 273 g/mol. The molecule has 0 saturated carbocycles. The standard InChI is InChI=1S/C14H13ClN4/c15-12-8-17-6-5-10(12)9-19-14-4-2-1-3-11(14)13(7-16)18-19/h1-6,8H,7,9,16H2. The van der Waals surface area contributed by atoms with Crippen LogP contribution < -0.4 is 5.73 Å². The van der Waals surface area contributed by atoms with Gasteiger partial charge >= 0.3 is 0 Å². The number of aromatic nitrogens is 3. The van der Waals surface area contributed by atoms with Crippen LogP contribution in [-0.4, -0.2) is 14.8 Å². The Kier molecular flexibility index (Phi) is 3.19. The highest BCUT2D eigenvalue weighted by atomic mass is 35.5. The van der Waals surface area contributed by atoms with E-state index in [2.05, 4.69) is 10.1 Å². The van der Waals surface area contributed by atoms with Gasteiger partial charge in [0.15, 0.2) is 0 Å². The number of benzene rings is 1. The van der Waals surface area contributed by atoms with Gasteiger partial charge in [0.05, 0.1) is 22.8 Å². The summed E-state index contributed by atoms with van der Waals surface area (Å²) in [5, 5.41) is 6.30. The lowest BCUT2D eigenvalue weighted by molar-refractivity contribution is 0.693. The molecule has 96 valence electrons. The molecule has 0 amide bonds. The zero-order chi connectivity index (χ0) is 13.2. The molecular weight excluding hydrogens is 260 g/mol. The van der Waals surface area contributed by atoms with Crippen molar-refractivity contribution in [1.29, 1.82) is 0 Å². The first-order chi connectivity index (χ1) is 9.29. The number of fused-ring (bicyclic) bond motifs is 1. The predicted octanol–water partition coefficient (Wildman–Crippen LogP) is 2.59. The van der Waals surface area contributed by atoms with Gasteiger partial charge in [0.1, 0.15) is 0 Å². The molecule has 0 spiro atoms. The second kappa shape index (κ2) is 4.99. The van der Waals surface area contributed by atoms with Crippen LogP contribution in [0.25, 0.3) is 10.9 Å². The number of nitrogens with two attached hydrogens (primary N) is 1. The molecule has 0 aliphatic carbocycles. The maximum atomic E-state index is 6.14. The Balaban J connectivity index is 2.09. The SMILES string of the molecule is NCc1nn(Cc2ccncc2Cl)c2ccccc12. The monoisotopic (exact) mass is 272 g/mol. The van der Waals surface area contributed by atoms with Gasteiger partial charge in [0.25, 0.3) is 0 Å². The van der Waals surface area contributed by atoms with Crippen molar-refractivity contribution >= 4 is 22.5 Å². The summed E-state index contributed by atoms with van der Waals surface area (Å²) in [5.41, 5.74) is 8.70. The highest BCUT2D eigenvalue weighted by molar-refractivity contribution is 6.31. The van der Waals surface area contributed by atoms with Crippen LogP contribution in [0.3, 0.4) is 0 Å². The van der Waals surface area contributed by atoms with Gasteiger partial charge in [-0.15, -0.1) is 0 Å². The third-order valence-electron chi connectivity index (χ3n) is 3.10. The molecule has 0 aliphatic heterocycles. The zero-order valence-electron chi connectivity index (χ0n) is 10.3. The number of para-hydroxylation sites is 1. The molecule has 0 radical (unpaired) electrons. The molecule has 4 nitrogen and oxygen atoms in total. The second-order valence-corrected chi connectivity index (χ2v) is 4.70. The highest BCUT2D eigenvalue weighted by Crippen LogP contribution is 2.21. The first-order valence-electron chi connectivity index (χ1n) is 6.02. The third-order valence-corrected chi connectivity index (χ3v) is 3.44. The van der Waals surface area contributed by atoms with E-state index in [9.17, 15) is 0 Å². The van der Waals surface area contributed by atoms with Gasteiger partial charge in [0, 0.05) is 24.3 Å². The summed E-state index contributed by atoms with van der Waals surface area (Å²) >= 11 is 6.14. The molecule has 2 aromatic heterocycles. The fraction of sp³-hybridized carbons (Fsp3) is 0.143.